The second kappa shape index (κ2) is 4.37. The van der Waals surface area contributed by atoms with E-state index in [0.29, 0.717) is 0 Å². The molecule has 1 aliphatic rings. The van der Waals surface area contributed by atoms with Crippen LogP contribution < -0.4 is 4.74 Å². The van der Waals surface area contributed by atoms with Crippen LogP contribution in [-0.4, -0.2) is 23.5 Å². The van der Waals surface area contributed by atoms with Gasteiger partial charge in [-0.15, -0.1) is 0 Å². The second-order valence-electron chi connectivity index (χ2n) is 4.34. The normalized spacial score (nSPS) is 20.6. The molecule has 3 rings (SSSR count). The lowest BCUT2D eigenvalue weighted by molar-refractivity contribution is -0.0366. The lowest BCUT2D eigenvalue weighted by atomic mass is 10.2. The Morgan fingerprint density at radius 1 is 1.41 bits per heavy atom. The van der Waals surface area contributed by atoms with Crippen molar-refractivity contribution in [2.24, 2.45) is 0 Å². The fourth-order valence-corrected chi connectivity index (χ4v) is 2.29. The molecular weight excluding hydrogens is 216 g/mol. The van der Waals surface area contributed by atoms with Gasteiger partial charge in [-0.1, -0.05) is 0 Å². The molecule has 0 spiro atoms. The first kappa shape index (κ1) is 10.6. The minimum Gasteiger partial charge on any atom is -0.497 e. The Labute approximate surface area is 100 Å². The number of nitrogens with zero attached hydrogens (tertiary/aromatic N) is 2. The number of hydrogen-bond acceptors (Lipinski definition) is 3. The summed E-state index contributed by atoms with van der Waals surface area (Å²) in [4.78, 5) is 0. The van der Waals surface area contributed by atoms with Crippen molar-refractivity contribution in [1.29, 1.82) is 0 Å². The van der Waals surface area contributed by atoms with E-state index < -0.39 is 0 Å². The van der Waals surface area contributed by atoms with Gasteiger partial charge in [0.15, 0.2) is 6.23 Å². The number of ether oxygens (including phenoxy) is 2. The van der Waals surface area contributed by atoms with E-state index in [2.05, 4.69) is 5.10 Å². The van der Waals surface area contributed by atoms with Crippen LogP contribution in [0.5, 0.6) is 5.75 Å². The molecule has 1 fully saturated rings. The average Bonchev–Trinajstić information content (AvgIpc) is 2.82. The van der Waals surface area contributed by atoms with Gasteiger partial charge in [0.1, 0.15) is 5.75 Å². The highest BCUT2D eigenvalue weighted by molar-refractivity contribution is 5.80. The van der Waals surface area contributed by atoms with Crippen molar-refractivity contribution in [3.8, 4) is 5.75 Å². The number of benzene rings is 1. The molecule has 0 aliphatic carbocycles. The van der Waals surface area contributed by atoms with Crippen molar-refractivity contribution in [2.45, 2.75) is 25.5 Å². The summed E-state index contributed by atoms with van der Waals surface area (Å²) < 4.78 is 13.0. The largest absolute Gasteiger partial charge is 0.497 e. The zero-order chi connectivity index (χ0) is 11.7. The van der Waals surface area contributed by atoms with Gasteiger partial charge in [0.05, 0.1) is 18.8 Å². The first-order chi connectivity index (χ1) is 8.38. The molecule has 0 amide bonds. The molecule has 1 saturated heterocycles. The summed E-state index contributed by atoms with van der Waals surface area (Å²) in [5.74, 6) is 0.857. The zero-order valence-corrected chi connectivity index (χ0v) is 9.93. The fourth-order valence-electron chi connectivity index (χ4n) is 2.29. The average molecular weight is 232 g/mol. The van der Waals surface area contributed by atoms with Crippen LogP contribution in [0.3, 0.4) is 0 Å². The summed E-state index contributed by atoms with van der Waals surface area (Å²) >= 11 is 0. The first-order valence-electron chi connectivity index (χ1n) is 6.01. The third-order valence-electron chi connectivity index (χ3n) is 3.23. The highest BCUT2D eigenvalue weighted by atomic mass is 16.5. The summed E-state index contributed by atoms with van der Waals surface area (Å²) in [5.41, 5.74) is 1.08. The third kappa shape index (κ3) is 1.89. The van der Waals surface area contributed by atoms with E-state index in [1.807, 2.05) is 29.1 Å². The Hall–Kier alpha value is -1.55. The standard InChI is InChI=1S/C13H16N2O2/c1-16-11-6-5-10-9-14-15(12(10)8-11)13-4-2-3-7-17-13/h5-6,8-9,13H,2-4,7H2,1H3. The van der Waals surface area contributed by atoms with E-state index in [1.165, 1.54) is 6.42 Å². The van der Waals surface area contributed by atoms with E-state index in [0.717, 1.165) is 36.1 Å². The molecule has 1 unspecified atom stereocenters. The maximum atomic E-state index is 5.76. The highest BCUT2D eigenvalue weighted by Gasteiger charge is 2.18. The van der Waals surface area contributed by atoms with Crippen molar-refractivity contribution in [3.05, 3.63) is 24.4 Å². The van der Waals surface area contributed by atoms with Crippen LogP contribution in [0.2, 0.25) is 0 Å². The van der Waals surface area contributed by atoms with Crippen LogP contribution >= 0.6 is 0 Å². The van der Waals surface area contributed by atoms with E-state index >= 15 is 0 Å². The van der Waals surface area contributed by atoms with Crippen LogP contribution in [0.4, 0.5) is 0 Å². The van der Waals surface area contributed by atoms with Gasteiger partial charge in [-0.3, -0.25) is 0 Å². The number of aromatic nitrogens is 2. The Kier molecular flexibility index (Phi) is 2.73. The molecule has 1 aliphatic heterocycles. The van der Waals surface area contributed by atoms with Gasteiger partial charge in [0, 0.05) is 18.1 Å². The second-order valence-corrected chi connectivity index (χ2v) is 4.34. The van der Waals surface area contributed by atoms with Gasteiger partial charge >= 0.3 is 0 Å². The predicted octanol–water partition coefficient (Wildman–Crippen LogP) is 2.74. The summed E-state index contributed by atoms with van der Waals surface area (Å²) in [6.07, 6.45) is 5.35. The van der Waals surface area contributed by atoms with Gasteiger partial charge in [0.25, 0.3) is 0 Å². The predicted molar refractivity (Wildman–Crippen MR) is 65.1 cm³/mol. The summed E-state index contributed by atoms with van der Waals surface area (Å²) in [6, 6.07) is 6.00. The lowest BCUT2D eigenvalue weighted by Crippen LogP contribution is -2.18. The minimum absolute atomic E-state index is 0.0772. The van der Waals surface area contributed by atoms with Gasteiger partial charge in [-0.25, -0.2) is 4.68 Å². The summed E-state index contributed by atoms with van der Waals surface area (Å²) in [5, 5.41) is 5.56. The van der Waals surface area contributed by atoms with Gasteiger partial charge < -0.3 is 9.47 Å². The van der Waals surface area contributed by atoms with E-state index in [1.54, 1.807) is 7.11 Å². The molecule has 0 bridgehead atoms. The maximum Gasteiger partial charge on any atom is 0.150 e. The Morgan fingerprint density at radius 3 is 3.12 bits per heavy atom. The van der Waals surface area contributed by atoms with Crippen LogP contribution in [-0.2, 0) is 4.74 Å². The van der Waals surface area contributed by atoms with Crippen molar-refractivity contribution in [1.82, 2.24) is 9.78 Å². The zero-order valence-electron chi connectivity index (χ0n) is 9.93. The fraction of sp³-hybridized carbons (Fsp3) is 0.462. The molecule has 2 heterocycles. The Balaban J connectivity index is 2.02. The molecule has 4 heteroatoms. The van der Waals surface area contributed by atoms with E-state index in [9.17, 15) is 0 Å². The first-order valence-corrected chi connectivity index (χ1v) is 6.01. The molecule has 90 valence electrons. The van der Waals surface area contributed by atoms with Crippen LogP contribution in [0, 0.1) is 0 Å². The van der Waals surface area contributed by atoms with Gasteiger partial charge in [-0.05, 0) is 31.4 Å². The summed E-state index contributed by atoms with van der Waals surface area (Å²) in [6.45, 7) is 0.829. The van der Waals surface area contributed by atoms with Crippen molar-refractivity contribution >= 4 is 10.9 Å². The van der Waals surface area contributed by atoms with Crippen LogP contribution in [0.25, 0.3) is 10.9 Å². The van der Waals surface area contributed by atoms with Gasteiger partial charge in [0.2, 0.25) is 0 Å². The van der Waals surface area contributed by atoms with Gasteiger partial charge in [-0.2, -0.15) is 5.10 Å². The molecule has 1 aromatic carbocycles. The quantitative estimate of drug-likeness (QED) is 0.798. The smallest absolute Gasteiger partial charge is 0.150 e. The number of fused-ring (bicyclic) bond motifs is 1. The summed E-state index contributed by atoms with van der Waals surface area (Å²) in [7, 11) is 1.68. The molecular formula is C13H16N2O2. The molecule has 0 saturated carbocycles. The minimum atomic E-state index is 0.0772. The number of methoxy groups -OCH3 is 1. The Bertz CT molecular complexity index is 515. The van der Waals surface area contributed by atoms with Crippen molar-refractivity contribution in [3.63, 3.8) is 0 Å². The SMILES string of the molecule is COc1ccc2cnn(C3CCCCO3)c2c1. The highest BCUT2D eigenvalue weighted by Crippen LogP contribution is 2.28. The van der Waals surface area contributed by atoms with Crippen LogP contribution in [0.1, 0.15) is 25.5 Å². The molecule has 0 radical (unpaired) electrons. The molecule has 1 atom stereocenters. The number of rotatable bonds is 2. The third-order valence-corrected chi connectivity index (χ3v) is 3.23. The lowest BCUT2D eigenvalue weighted by Gasteiger charge is -2.23. The van der Waals surface area contributed by atoms with E-state index in [4.69, 9.17) is 9.47 Å². The molecule has 1 aromatic heterocycles. The topological polar surface area (TPSA) is 36.3 Å². The monoisotopic (exact) mass is 232 g/mol. The molecule has 4 nitrogen and oxygen atoms in total. The molecule has 2 aromatic rings. The van der Waals surface area contributed by atoms with Crippen molar-refractivity contribution < 1.29 is 9.47 Å². The van der Waals surface area contributed by atoms with E-state index in [-0.39, 0.29) is 6.23 Å². The van der Waals surface area contributed by atoms with Crippen LogP contribution in [0.15, 0.2) is 24.4 Å². The molecule has 0 N–H and O–H groups in total. The Morgan fingerprint density at radius 2 is 2.35 bits per heavy atom. The number of hydrogen-bond donors (Lipinski definition) is 0. The maximum absolute atomic E-state index is 5.76. The van der Waals surface area contributed by atoms with Crippen molar-refractivity contribution in [2.75, 3.05) is 13.7 Å². The molecule has 17 heavy (non-hydrogen) atoms.